The molecule has 0 fully saturated rings. The summed E-state index contributed by atoms with van der Waals surface area (Å²) in [5, 5.41) is 0.576. The van der Waals surface area contributed by atoms with E-state index in [-0.39, 0.29) is 29.0 Å². The third-order valence-electron chi connectivity index (χ3n) is 7.00. The van der Waals surface area contributed by atoms with Crippen LogP contribution in [0.5, 0.6) is 0 Å². The van der Waals surface area contributed by atoms with Crippen molar-refractivity contribution in [3.05, 3.63) is 68.7 Å². The first-order chi connectivity index (χ1) is 22.2. The average Bonchev–Trinajstić information content (AvgIpc) is 3.33. The number of fused-ring (bicyclic) bond motifs is 2. The Balaban J connectivity index is 0.000000260. The Kier molecular flexibility index (Phi) is 11.9. The lowest BCUT2D eigenvalue weighted by Gasteiger charge is -2.25. The van der Waals surface area contributed by atoms with Crippen molar-refractivity contribution < 1.29 is 45.5 Å². The molecule has 0 spiro atoms. The summed E-state index contributed by atoms with van der Waals surface area (Å²) >= 11 is 11.7. The van der Waals surface area contributed by atoms with Gasteiger partial charge in [-0.1, -0.05) is 29.3 Å². The van der Waals surface area contributed by atoms with E-state index in [2.05, 4.69) is 9.98 Å². The first-order valence-corrected chi connectivity index (χ1v) is 14.5. The van der Waals surface area contributed by atoms with Gasteiger partial charge in [-0.15, -0.1) is 0 Å². The molecule has 2 aromatic carbocycles. The van der Waals surface area contributed by atoms with Crippen molar-refractivity contribution in [3.63, 3.8) is 0 Å². The fourth-order valence-electron chi connectivity index (χ4n) is 5.10. The van der Waals surface area contributed by atoms with Crippen LogP contribution in [-0.2, 0) is 9.59 Å². The molecular weight excluding hydrogens is 697 g/mol. The molecule has 48 heavy (non-hydrogen) atoms. The van der Waals surface area contributed by atoms with Crippen LogP contribution in [-0.4, -0.2) is 70.8 Å². The lowest BCUT2D eigenvalue weighted by Crippen LogP contribution is -2.33. The molecular formula is C28H28Cl2F6N8O4. The van der Waals surface area contributed by atoms with E-state index in [4.69, 9.17) is 46.1 Å². The zero-order valence-corrected chi connectivity index (χ0v) is 26.1. The van der Waals surface area contributed by atoms with Crippen molar-refractivity contribution in [3.8, 4) is 0 Å². The molecule has 2 aliphatic rings. The molecule has 20 heteroatoms. The fraction of sp³-hybridized carbons (Fsp3) is 0.357. The molecule has 4 rings (SSSR count). The largest absolute Gasteiger partial charge is 0.390 e. The lowest BCUT2D eigenvalue weighted by atomic mass is 10.0. The van der Waals surface area contributed by atoms with E-state index in [1.807, 2.05) is 0 Å². The average molecular weight is 725 g/mol. The number of carbonyl (C=O) groups is 4. The number of guanidine groups is 2. The number of rotatable bonds is 8. The summed E-state index contributed by atoms with van der Waals surface area (Å²) < 4.78 is 75.1. The number of amides is 4. The predicted molar refractivity (Wildman–Crippen MR) is 163 cm³/mol. The molecule has 2 heterocycles. The summed E-state index contributed by atoms with van der Waals surface area (Å²) in [6.45, 7) is -1.15. The van der Waals surface area contributed by atoms with E-state index in [0.29, 0.717) is 16.1 Å². The summed E-state index contributed by atoms with van der Waals surface area (Å²) in [6.07, 6.45) is -11.9. The predicted octanol–water partition coefficient (Wildman–Crippen LogP) is 3.96. The molecule has 0 radical (unpaired) electrons. The van der Waals surface area contributed by atoms with Crippen LogP contribution in [0, 0.1) is 0 Å². The molecule has 8 N–H and O–H groups in total. The molecule has 0 bridgehead atoms. The molecule has 0 aliphatic carbocycles. The maximum Gasteiger partial charge on any atom is 0.390 e. The van der Waals surface area contributed by atoms with Gasteiger partial charge in [-0.2, -0.15) is 36.3 Å². The van der Waals surface area contributed by atoms with Gasteiger partial charge in [0, 0.05) is 34.3 Å². The standard InChI is InChI=1S/2C14H14ClF3N4O2/c15-7-1-2-8-9(5-7)10(6-11(23)21-13(19)20)22(12(8)24)4-3-14(16,17)18;15-7-1-2-8-9(5-7)12(24)22(4-3-14(16,17)18)10(8)6-11(23)21-13(19)20/h2*1-2,5,10H,3-4,6H2,(H4,19,20,21,23). The number of nitrogens with zero attached hydrogens (tertiary/aromatic N) is 4. The molecule has 2 atom stereocenters. The van der Waals surface area contributed by atoms with Gasteiger partial charge >= 0.3 is 12.4 Å². The smallest absolute Gasteiger partial charge is 0.370 e. The third kappa shape index (κ3) is 10.2. The lowest BCUT2D eigenvalue weighted by molar-refractivity contribution is -0.138. The van der Waals surface area contributed by atoms with E-state index in [9.17, 15) is 45.5 Å². The van der Waals surface area contributed by atoms with Gasteiger partial charge < -0.3 is 32.7 Å². The Hall–Kier alpha value is -4.58. The highest BCUT2D eigenvalue weighted by Crippen LogP contribution is 2.40. The fourth-order valence-corrected chi connectivity index (χ4v) is 5.45. The van der Waals surface area contributed by atoms with Crippen molar-refractivity contribution in [2.45, 2.75) is 50.1 Å². The highest BCUT2D eigenvalue weighted by atomic mass is 35.5. The number of benzene rings is 2. The van der Waals surface area contributed by atoms with Gasteiger partial charge in [0.15, 0.2) is 11.9 Å². The van der Waals surface area contributed by atoms with E-state index >= 15 is 0 Å². The molecule has 0 saturated heterocycles. The normalized spacial score (nSPS) is 16.9. The van der Waals surface area contributed by atoms with Crippen LogP contribution in [0.2, 0.25) is 10.0 Å². The van der Waals surface area contributed by atoms with Gasteiger partial charge in [0.05, 0.1) is 37.8 Å². The molecule has 2 unspecified atom stereocenters. The number of hydrogen-bond acceptors (Lipinski definition) is 4. The second-order valence-corrected chi connectivity index (χ2v) is 11.4. The van der Waals surface area contributed by atoms with Crippen LogP contribution in [0.4, 0.5) is 26.3 Å². The summed E-state index contributed by atoms with van der Waals surface area (Å²) in [6, 6.07) is 6.94. The highest BCUT2D eigenvalue weighted by Gasteiger charge is 2.41. The van der Waals surface area contributed by atoms with E-state index in [1.165, 1.54) is 36.4 Å². The SMILES string of the molecule is NC(N)=NC(=O)CC1c2cc(Cl)ccc2C(=O)N1CCC(F)(F)F.NC(N)=NC(=O)CC1c2ccc(Cl)cc2C(=O)N1CCC(F)(F)F. The molecule has 4 amide bonds. The zero-order chi connectivity index (χ0) is 36.1. The van der Waals surface area contributed by atoms with Crippen molar-refractivity contribution >= 4 is 58.7 Å². The summed E-state index contributed by atoms with van der Waals surface area (Å²) in [5.41, 5.74) is 21.7. The first-order valence-electron chi connectivity index (χ1n) is 13.8. The van der Waals surface area contributed by atoms with E-state index in [0.717, 1.165) is 9.80 Å². The molecule has 2 aromatic rings. The Morgan fingerprint density at radius 2 is 1.08 bits per heavy atom. The maximum atomic E-state index is 12.5. The Morgan fingerprint density at radius 3 is 1.54 bits per heavy atom. The topological polar surface area (TPSA) is 204 Å². The minimum atomic E-state index is -4.43. The van der Waals surface area contributed by atoms with Crippen LogP contribution < -0.4 is 22.9 Å². The Labute approximate surface area is 278 Å². The van der Waals surface area contributed by atoms with Crippen LogP contribution in [0.3, 0.4) is 0 Å². The second-order valence-electron chi connectivity index (χ2n) is 10.5. The van der Waals surface area contributed by atoms with Crippen molar-refractivity contribution in [1.29, 1.82) is 0 Å². The number of hydrogen-bond donors (Lipinski definition) is 4. The van der Waals surface area contributed by atoms with Crippen molar-refractivity contribution in [2.24, 2.45) is 32.9 Å². The number of halogens is 8. The summed E-state index contributed by atoms with van der Waals surface area (Å²) in [4.78, 5) is 57.0. The van der Waals surface area contributed by atoms with Crippen LogP contribution >= 0.6 is 23.2 Å². The Morgan fingerprint density at radius 1 is 0.667 bits per heavy atom. The number of nitrogens with two attached hydrogens (primary N) is 4. The van der Waals surface area contributed by atoms with E-state index in [1.54, 1.807) is 0 Å². The minimum Gasteiger partial charge on any atom is -0.370 e. The summed E-state index contributed by atoms with van der Waals surface area (Å²) in [7, 11) is 0. The number of alkyl halides is 6. The first kappa shape index (κ1) is 37.9. The monoisotopic (exact) mass is 724 g/mol. The van der Waals surface area contributed by atoms with Gasteiger partial charge in [-0.3, -0.25) is 19.2 Å². The van der Waals surface area contributed by atoms with Crippen LogP contribution in [0.1, 0.15) is 69.6 Å². The van der Waals surface area contributed by atoms with Gasteiger partial charge in [-0.25, -0.2) is 0 Å². The molecule has 12 nitrogen and oxygen atoms in total. The van der Waals surface area contributed by atoms with Gasteiger partial charge in [0.1, 0.15) is 0 Å². The molecule has 0 aromatic heterocycles. The number of carbonyl (C=O) groups excluding carboxylic acids is 4. The quantitative estimate of drug-likeness (QED) is 0.178. The Bertz CT molecular complexity index is 1630. The summed E-state index contributed by atoms with van der Waals surface area (Å²) in [5.74, 6) is -3.59. The van der Waals surface area contributed by atoms with Gasteiger partial charge in [-0.05, 0) is 41.5 Å². The van der Waals surface area contributed by atoms with E-state index < -0.39 is 85.9 Å². The van der Waals surface area contributed by atoms with Gasteiger partial charge in [0.25, 0.3) is 23.6 Å². The molecule has 0 saturated carbocycles. The number of aliphatic imine (C=N–C) groups is 2. The molecule has 2 aliphatic heterocycles. The maximum absolute atomic E-state index is 12.5. The van der Waals surface area contributed by atoms with Crippen molar-refractivity contribution in [1.82, 2.24) is 9.80 Å². The zero-order valence-electron chi connectivity index (χ0n) is 24.6. The van der Waals surface area contributed by atoms with Crippen LogP contribution in [0.15, 0.2) is 46.4 Å². The van der Waals surface area contributed by atoms with Gasteiger partial charge in [0.2, 0.25) is 0 Å². The minimum absolute atomic E-state index is 0.173. The second kappa shape index (κ2) is 15.1. The highest BCUT2D eigenvalue weighted by molar-refractivity contribution is 6.31. The molecule has 260 valence electrons. The third-order valence-corrected chi connectivity index (χ3v) is 7.47. The van der Waals surface area contributed by atoms with Crippen LogP contribution in [0.25, 0.3) is 0 Å². The van der Waals surface area contributed by atoms with Crippen molar-refractivity contribution in [2.75, 3.05) is 13.1 Å².